The van der Waals surface area contributed by atoms with E-state index < -0.39 is 17.9 Å². The molecule has 0 saturated heterocycles. The monoisotopic (exact) mass is 288 g/mol. The third kappa shape index (κ3) is 5.31. The average Bonchev–Trinajstić information content (AvgIpc) is 2.47. The van der Waals surface area contributed by atoms with Gasteiger partial charge in [0.1, 0.15) is 0 Å². The van der Waals surface area contributed by atoms with Crippen LogP contribution in [0, 0.1) is 17.8 Å². The lowest BCUT2D eigenvalue weighted by Gasteiger charge is -2.14. The van der Waals surface area contributed by atoms with Crippen molar-refractivity contribution in [3.63, 3.8) is 0 Å². The van der Waals surface area contributed by atoms with Gasteiger partial charge in [0.15, 0.2) is 5.92 Å². The predicted molar refractivity (Wildman–Crippen MR) is 79.5 cm³/mol. The van der Waals surface area contributed by atoms with Crippen LogP contribution in [0.3, 0.4) is 0 Å². The first-order chi connectivity index (χ1) is 10.1. The van der Waals surface area contributed by atoms with E-state index in [9.17, 15) is 9.59 Å². The Morgan fingerprint density at radius 3 is 2.00 bits per heavy atom. The number of hydrogen-bond donors (Lipinski definition) is 0. The molecule has 0 heterocycles. The largest absolute Gasteiger partial charge is 0.465 e. The summed E-state index contributed by atoms with van der Waals surface area (Å²) >= 11 is 0. The molecule has 0 radical (unpaired) electrons. The van der Waals surface area contributed by atoms with E-state index in [2.05, 4.69) is 11.8 Å². The minimum absolute atomic E-state index is 0.236. The van der Waals surface area contributed by atoms with Crippen molar-refractivity contribution in [3.8, 4) is 11.8 Å². The highest BCUT2D eigenvalue weighted by atomic mass is 16.6. The second-order valence-corrected chi connectivity index (χ2v) is 4.33. The highest BCUT2D eigenvalue weighted by molar-refractivity contribution is 5.95. The van der Waals surface area contributed by atoms with Gasteiger partial charge in [-0.15, -0.1) is 5.92 Å². The predicted octanol–water partition coefficient (Wildman–Crippen LogP) is 2.34. The lowest BCUT2D eigenvalue weighted by atomic mass is 9.98. The molecule has 0 amide bonds. The summed E-state index contributed by atoms with van der Waals surface area (Å²) in [7, 11) is 0. The fraction of sp³-hybridized carbons (Fsp3) is 0.412. The highest BCUT2D eigenvalue weighted by Crippen LogP contribution is 2.14. The zero-order valence-electron chi connectivity index (χ0n) is 12.6. The summed E-state index contributed by atoms with van der Waals surface area (Å²) < 4.78 is 9.89. The van der Waals surface area contributed by atoms with E-state index in [-0.39, 0.29) is 19.6 Å². The summed E-state index contributed by atoms with van der Waals surface area (Å²) in [5.74, 6) is 3.74. The number of rotatable bonds is 6. The van der Waals surface area contributed by atoms with Crippen LogP contribution in [0.5, 0.6) is 0 Å². The molecular formula is C17H20O4. The molecule has 0 fully saturated rings. The standard InChI is InChI=1S/C17H20O4/c1-4-7-13-8-10-14(11-9-13)12-15(16(18)20-5-2)17(19)21-6-3/h8-11,15H,5-6,12H2,1-3H3. The molecule has 0 atom stereocenters. The second kappa shape index (κ2) is 8.80. The molecule has 0 N–H and O–H groups in total. The zero-order chi connectivity index (χ0) is 15.7. The van der Waals surface area contributed by atoms with Crippen molar-refractivity contribution in [2.75, 3.05) is 13.2 Å². The molecule has 112 valence electrons. The van der Waals surface area contributed by atoms with Crippen LogP contribution in [0.1, 0.15) is 31.9 Å². The number of esters is 2. The van der Waals surface area contributed by atoms with Crippen molar-refractivity contribution in [1.29, 1.82) is 0 Å². The first kappa shape index (κ1) is 16.8. The molecule has 0 bridgehead atoms. The Labute approximate surface area is 125 Å². The van der Waals surface area contributed by atoms with Crippen molar-refractivity contribution in [1.82, 2.24) is 0 Å². The van der Waals surface area contributed by atoms with E-state index in [4.69, 9.17) is 9.47 Å². The van der Waals surface area contributed by atoms with Gasteiger partial charge in [-0.3, -0.25) is 9.59 Å². The van der Waals surface area contributed by atoms with E-state index in [0.29, 0.717) is 0 Å². The summed E-state index contributed by atoms with van der Waals surface area (Å²) in [6, 6.07) is 7.43. The van der Waals surface area contributed by atoms with Crippen molar-refractivity contribution >= 4 is 11.9 Å². The van der Waals surface area contributed by atoms with Crippen LogP contribution in [-0.2, 0) is 25.5 Å². The van der Waals surface area contributed by atoms with Crippen molar-refractivity contribution in [2.24, 2.45) is 5.92 Å². The summed E-state index contributed by atoms with van der Waals surface area (Å²) in [6.07, 6.45) is 0.261. The van der Waals surface area contributed by atoms with Gasteiger partial charge in [-0.2, -0.15) is 0 Å². The third-order valence-electron chi connectivity index (χ3n) is 2.81. The average molecular weight is 288 g/mol. The van der Waals surface area contributed by atoms with E-state index >= 15 is 0 Å². The summed E-state index contributed by atoms with van der Waals surface area (Å²) in [6.45, 7) is 5.65. The van der Waals surface area contributed by atoms with Gasteiger partial charge in [0, 0.05) is 5.56 Å². The van der Waals surface area contributed by atoms with Crippen LogP contribution < -0.4 is 0 Å². The first-order valence-electron chi connectivity index (χ1n) is 6.97. The van der Waals surface area contributed by atoms with Crippen molar-refractivity contribution < 1.29 is 19.1 Å². The SMILES string of the molecule is CC#Cc1ccc(CC(C(=O)OCC)C(=O)OCC)cc1. The van der Waals surface area contributed by atoms with Gasteiger partial charge in [-0.05, 0) is 44.9 Å². The Hall–Kier alpha value is -2.28. The Kier molecular flexibility index (Phi) is 7.03. The van der Waals surface area contributed by atoms with Gasteiger partial charge in [0.05, 0.1) is 13.2 Å². The molecular weight excluding hydrogens is 268 g/mol. The minimum Gasteiger partial charge on any atom is -0.465 e. The van der Waals surface area contributed by atoms with E-state index in [1.807, 2.05) is 24.3 Å². The maximum absolute atomic E-state index is 11.9. The fourth-order valence-corrected chi connectivity index (χ4v) is 1.85. The molecule has 1 aromatic rings. The molecule has 0 saturated carbocycles. The Bertz CT molecular complexity index is 516. The maximum Gasteiger partial charge on any atom is 0.320 e. The van der Waals surface area contributed by atoms with Gasteiger partial charge in [-0.1, -0.05) is 18.1 Å². The summed E-state index contributed by atoms with van der Waals surface area (Å²) in [5.41, 5.74) is 1.76. The first-order valence-corrected chi connectivity index (χ1v) is 6.97. The fourth-order valence-electron chi connectivity index (χ4n) is 1.85. The van der Waals surface area contributed by atoms with Crippen LogP contribution in [0.4, 0.5) is 0 Å². The van der Waals surface area contributed by atoms with Gasteiger partial charge in [-0.25, -0.2) is 0 Å². The molecule has 0 unspecified atom stereocenters. The number of ether oxygens (including phenoxy) is 2. The zero-order valence-corrected chi connectivity index (χ0v) is 12.6. The Balaban J connectivity index is 2.86. The van der Waals surface area contributed by atoms with Crippen LogP contribution in [-0.4, -0.2) is 25.2 Å². The molecule has 0 aliphatic carbocycles. The van der Waals surface area contributed by atoms with Crippen molar-refractivity contribution in [3.05, 3.63) is 35.4 Å². The number of carbonyl (C=O) groups excluding carboxylic acids is 2. The summed E-state index contributed by atoms with van der Waals surface area (Å²) in [4.78, 5) is 23.8. The number of benzene rings is 1. The van der Waals surface area contributed by atoms with Gasteiger partial charge in [0.2, 0.25) is 0 Å². The molecule has 0 spiro atoms. The summed E-state index contributed by atoms with van der Waals surface area (Å²) in [5, 5.41) is 0. The maximum atomic E-state index is 11.9. The van der Waals surface area contributed by atoms with Crippen LogP contribution >= 0.6 is 0 Å². The molecule has 4 nitrogen and oxygen atoms in total. The highest BCUT2D eigenvalue weighted by Gasteiger charge is 2.29. The molecule has 21 heavy (non-hydrogen) atoms. The van der Waals surface area contributed by atoms with E-state index in [0.717, 1.165) is 11.1 Å². The Morgan fingerprint density at radius 2 is 1.57 bits per heavy atom. The molecule has 0 aliphatic rings. The minimum atomic E-state index is -0.923. The second-order valence-electron chi connectivity index (χ2n) is 4.33. The molecule has 1 rings (SSSR count). The smallest absolute Gasteiger partial charge is 0.320 e. The van der Waals surface area contributed by atoms with E-state index in [1.165, 1.54) is 0 Å². The Morgan fingerprint density at radius 1 is 1.05 bits per heavy atom. The van der Waals surface area contributed by atoms with Crippen molar-refractivity contribution in [2.45, 2.75) is 27.2 Å². The van der Waals surface area contributed by atoms with Gasteiger partial charge >= 0.3 is 11.9 Å². The van der Waals surface area contributed by atoms with Gasteiger partial charge in [0.25, 0.3) is 0 Å². The topological polar surface area (TPSA) is 52.6 Å². The third-order valence-corrected chi connectivity index (χ3v) is 2.81. The normalized spacial score (nSPS) is 9.71. The quantitative estimate of drug-likeness (QED) is 0.458. The lowest BCUT2D eigenvalue weighted by molar-refractivity contribution is -0.161. The molecule has 4 heteroatoms. The number of hydrogen-bond acceptors (Lipinski definition) is 4. The van der Waals surface area contributed by atoms with E-state index in [1.54, 1.807) is 20.8 Å². The number of carbonyl (C=O) groups is 2. The lowest BCUT2D eigenvalue weighted by Crippen LogP contribution is -2.30. The van der Waals surface area contributed by atoms with Crippen LogP contribution in [0.15, 0.2) is 24.3 Å². The molecule has 1 aromatic carbocycles. The van der Waals surface area contributed by atoms with Crippen LogP contribution in [0.2, 0.25) is 0 Å². The molecule has 0 aliphatic heterocycles. The van der Waals surface area contributed by atoms with Crippen LogP contribution in [0.25, 0.3) is 0 Å². The van der Waals surface area contributed by atoms with Gasteiger partial charge < -0.3 is 9.47 Å². The molecule has 0 aromatic heterocycles.